The number of hydrogen-bond donors (Lipinski definition) is 0. The summed E-state index contributed by atoms with van der Waals surface area (Å²) in [5, 5.41) is 10.3. The first-order valence-corrected chi connectivity index (χ1v) is 5.30. The van der Waals surface area contributed by atoms with E-state index >= 15 is 0 Å². The van der Waals surface area contributed by atoms with Crippen molar-refractivity contribution in [2.75, 3.05) is 0 Å². The number of Topliss-reactive ketones (excluding diaryl/α,β-unsaturated/α-hetero) is 1. The van der Waals surface area contributed by atoms with Crippen LogP contribution in [0.5, 0.6) is 0 Å². The number of thioether (sulfide) groups is 1. The largest absolute Gasteiger partial charge is 0.299 e. The van der Waals surface area contributed by atoms with Crippen molar-refractivity contribution in [2.45, 2.75) is 24.0 Å². The van der Waals surface area contributed by atoms with Gasteiger partial charge < -0.3 is 0 Å². The van der Waals surface area contributed by atoms with Gasteiger partial charge in [-0.3, -0.25) is 14.9 Å². The zero-order valence-corrected chi connectivity index (χ0v) is 9.28. The molecule has 15 heavy (non-hydrogen) atoms. The smallest absolute Gasteiger partial charge is 0.269 e. The minimum atomic E-state index is -0.442. The third kappa shape index (κ3) is 3.36. The van der Waals surface area contributed by atoms with E-state index in [-0.39, 0.29) is 16.7 Å². The predicted molar refractivity (Wildman–Crippen MR) is 59.1 cm³/mol. The minimum Gasteiger partial charge on any atom is -0.299 e. The van der Waals surface area contributed by atoms with Gasteiger partial charge in [0.2, 0.25) is 0 Å². The van der Waals surface area contributed by atoms with E-state index in [2.05, 4.69) is 0 Å². The van der Waals surface area contributed by atoms with E-state index in [0.29, 0.717) is 0 Å². The van der Waals surface area contributed by atoms with Crippen LogP contribution in [0.2, 0.25) is 0 Å². The number of carbonyl (C=O) groups is 1. The Labute approximate surface area is 91.8 Å². The molecule has 0 aliphatic rings. The number of rotatable bonds is 4. The fraction of sp³-hybridized carbons (Fsp3) is 0.300. The maximum absolute atomic E-state index is 11.0. The summed E-state index contributed by atoms with van der Waals surface area (Å²) in [7, 11) is 0. The van der Waals surface area contributed by atoms with Crippen molar-refractivity contribution in [3.8, 4) is 0 Å². The number of hydrogen-bond acceptors (Lipinski definition) is 4. The van der Waals surface area contributed by atoms with E-state index in [0.717, 1.165) is 4.90 Å². The summed E-state index contributed by atoms with van der Waals surface area (Å²) in [6, 6.07) is 6.19. The van der Waals surface area contributed by atoms with Crippen LogP contribution in [-0.4, -0.2) is 16.0 Å². The summed E-state index contributed by atoms with van der Waals surface area (Å²) in [5.74, 6) is 0.0957. The fourth-order valence-electron chi connectivity index (χ4n) is 0.934. The first-order chi connectivity index (χ1) is 7.00. The van der Waals surface area contributed by atoms with Gasteiger partial charge in [0.15, 0.2) is 0 Å². The maximum Gasteiger partial charge on any atom is 0.269 e. The monoisotopic (exact) mass is 225 g/mol. The highest BCUT2D eigenvalue weighted by Gasteiger charge is 2.10. The second kappa shape index (κ2) is 4.93. The van der Waals surface area contributed by atoms with E-state index in [1.807, 2.05) is 6.92 Å². The molecule has 0 amide bonds. The summed E-state index contributed by atoms with van der Waals surface area (Å²) in [6.07, 6.45) is 0. The Balaban J connectivity index is 2.72. The third-order valence-corrected chi connectivity index (χ3v) is 3.16. The van der Waals surface area contributed by atoms with Crippen molar-refractivity contribution in [3.63, 3.8) is 0 Å². The normalized spacial score (nSPS) is 12.1. The lowest BCUT2D eigenvalue weighted by Crippen LogP contribution is -2.07. The Morgan fingerprint density at radius 1 is 1.40 bits per heavy atom. The average Bonchev–Trinajstić information content (AvgIpc) is 2.18. The Morgan fingerprint density at radius 2 is 1.93 bits per heavy atom. The van der Waals surface area contributed by atoms with E-state index < -0.39 is 4.92 Å². The molecule has 0 aromatic heterocycles. The molecule has 5 heteroatoms. The Hall–Kier alpha value is -1.36. The zero-order chi connectivity index (χ0) is 11.4. The van der Waals surface area contributed by atoms with Gasteiger partial charge in [-0.2, -0.15) is 0 Å². The van der Waals surface area contributed by atoms with Gasteiger partial charge in [-0.05, 0) is 26.0 Å². The maximum atomic E-state index is 11.0. The molecule has 0 saturated carbocycles. The molecule has 0 spiro atoms. The molecule has 1 aromatic carbocycles. The highest BCUT2D eigenvalue weighted by molar-refractivity contribution is 8.00. The van der Waals surface area contributed by atoms with Gasteiger partial charge in [0, 0.05) is 17.0 Å². The predicted octanol–water partition coefficient (Wildman–Crippen LogP) is 2.66. The summed E-state index contributed by atoms with van der Waals surface area (Å²) >= 11 is 1.40. The van der Waals surface area contributed by atoms with Gasteiger partial charge >= 0.3 is 0 Å². The standard InChI is InChI=1S/C10H11NO3S/c1-7(12)8(2)15-10-5-3-9(4-6-10)11(13)14/h3-6,8H,1-2H3. The molecule has 1 rings (SSSR count). The molecule has 1 aromatic rings. The van der Waals surface area contributed by atoms with Crippen LogP contribution in [0.25, 0.3) is 0 Å². The number of non-ortho nitro benzene ring substituents is 1. The summed E-state index contributed by atoms with van der Waals surface area (Å²) in [6.45, 7) is 3.34. The summed E-state index contributed by atoms with van der Waals surface area (Å²) in [4.78, 5) is 21.8. The molecule has 0 aliphatic heterocycles. The second-order valence-electron chi connectivity index (χ2n) is 3.12. The summed E-state index contributed by atoms with van der Waals surface area (Å²) in [5.41, 5.74) is 0.0647. The number of nitrogens with zero attached hydrogens (tertiary/aromatic N) is 1. The van der Waals surface area contributed by atoms with E-state index in [1.54, 1.807) is 12.1 Å². The molecular weight excluding hydrogens is 214 g/mol. The first kappa shape index (κ1) is 11.7. The quantitative estimate of drug-likeness (QED) is 0.449. The molecular formula is C10H11NO3S. The molecule has 1 atom stereocenters. The molecule has 0 aliphatic carbocycles. The lowest BCUT2D eigenvalue weighted by molar-refractivity contribution is -0.384. The molecule has 0 bridgehead atoms. The lowest BCUT2D eigenvalue weighted by Gasteiger charge is -2.06. The highest BCUT2D eigenvalue weighted by atomic mass is 32.2. The number of nitro benzene ring substituents is 1. The molecule has 0 radical (unpaired) electrons. The number of benzene rings is 1. The van der Waals surface area contributed by atoms with Crippen molar-refractivity contribution in [1.82, 2.24) is 0 Å². The molecule has 0 saturated heterocycles. The Bertz CT molecular complexity index is 375. The van der Waals surface area contributed by atoms with Crippen molar-refractivity contribution in [1.29, 1.82) is 0 Å². The zero-order valence-electron chi connectivity index (χ0n) is 8.47. The van der Waals surface area contributed by atoms with Crippen LogP contribution in [0.15, 0.2) is 29.2 Å². The highest BCUT2D eigenvalue weighted by Crippen LogP contribution is 2.25. The topological polar surface area (TPSA) is 60.2 Å². The van der Waals surface area contributed by atoms with Crippen molar-refractivity contribution >= 4 is 23.2 Å². The Morgan fingerprint density at radius 3 is 2.33 bits per heavy atom. The van der Waals surface area contributed by atoms with Crippen LogP contribution in [0.4, 0.5) is 5.69 Å². The van der Waals surface area contributed by atoms with E-state index in [9.17, 15) is 14.9 Å². The SMILES string of the molecule is CC(=O)C(C)Sc1ccc([N+](=O)[O-])cc1. The van der Waals surface area contributed by atoms with Gasteiger partial charge in [-0.15, -0.1) is 11.8 Å². The second-order valence-corrected chi connectivity index (χ2v) is 4.54. The summed E-state index contributed by atoms with van der Waals surface area (Å²) < 4.78 is 0. The first-order valence-electron chi connectivity index (χ1n) is 4.42. The van der Waals surface area contributed by atoms with E-state index in [1.165, 1.54) is 30.8 Å². The molecule has 0 N–H and O–H groups in total. The van der Waals surface area contributed by atoms with Crippen molar-refractivity contribution in [3.05, 3.63) is 34.4 Å². The van der Waals surface area contributed by atoms with Crippen LogP contribution in [0.3, 0.4) is 0 Å². The van der Waals surface area contributed by atoms with Crippen LogP contribution >= 0.6 is 11.8 Å². The average molecular weight is 225 g/mol. The molecule has 0 heterocycles. The molecule has 4 nitrogen and oxygen atoms in total. The van der Waals surface area contributed by atoms with Gasteiger partial charge in [0.05, 0.1) is 10.2 Å². The lowest BCUT2D eigenvalue weighted by atomic mass is 10.3. The van der Waals surface area contributed by atoms with Crippen LogP contribution in [0.1, 0.15) is 13.8 Å². The molecule has 0 fully saturated rings. The molecule has 80 valence electrons. The number of nitro groups is 1. The number of carbonyl (C=O) groups excluding carboxylic acids is 1. The van der Waals surface area contributed by atoms with E-state index in [4.69, 9.17) is 0 Å². The van der Waals surface area contributed by atoms with Crippen LogP contribution in [-0.2, 0) is 4.79 Å². The third-order valence-electron chi connectivity index (χ3n) is 1.93. The van der Waals surface area contributed by atoms with Gasteiger partial charge in [-0.1, -0.05) is 0 Å². The van der Waals surface area contributed by atoms with Gasteiger partial charge in [0.25, 0.3) is 5.69 Å². The van der Waals surface area contributed by atoms with Crippen LogP contribution in [0, 0.1) is 10.1 Å². The van der Waals surface area contributed by atoms with Gasteiger partial charge in [-0.25, -0.2) is 0 Å². The van der Waals surface area contributed by atoms with Gasteiger partial charge in [0.1, 0.15) is 5.78 Å². The molecule has 1 unspecified atom stereocenters. The fourth-order valence-corrected chi connectivity index (χ4v) is 1.80. The Kier molecular flexibility index (Phi) is 3.85. The minimum absolute atomic E-state index is 0.0647. The number of ketones is 1. The van der Waals surface area contributed by atoms with Crippen molar-refractivity contribution < 1.29 is 9.72 Å². The van der Waals surface area contributed by atoms with Crippen LogP contribution < -0.4 is 0 Å². The van der Waals surface area contributed by atoms with Crippen molar-refractivity contribution in [2.24, 2.45) is 0 Å².